The van der Waals surface area contributed by atoms with Crippen LogP contribution >= 0.6 is 0 Å². The number of nitrogens with zero attached hydrogens (tertiary/aromatic N) is 3. The van der Waals surface area contributed by atoms with E-state index in [1.807, 2.05) is 0 Å². The molecule has 1 amide bonds. The van der Waals surface area contributed by atoms with E-state index in [9.17, 15) is 61.0 Å². The lowest BCUT2D eigenvalue weighted by molar-refractivity contribution is -0.385. The molecule has 14 N–H and O–H groups in total. The molecule has 56 heavy (non-hydrogen) atoms. The summed E-state index contributed by atoms with van der Waals surface area (Å²) in [5.41, 5.74) is 14.4. The highest BCUT2D eigenvalue weighted by Gasteiger charge is 2.55. The van der Waals surface area contributed by atoms with Gasteiger partial charge in [0.05, 0.1) is 32.5 Å². The van der Waals surface area contributed by atoms with Gasteiger partial charge in [-0.25, -0.2) is 0 Å². The standard InChI is InChI=1S/C31H55N5O20/c1-11(40)35-16-19(43)17(41)13(8-37)51-28(16)56-27-18(42)14(9-38)52-31(24(27)48)55-26-15(10-39)53-30(23(47)21(26)45)54-25-12(7-34-36-33)50-29(22(46)20(25)44)49-6-4-2-3-5-32/h12-31,37-39,41-48H,2-10,32H2,1H3,(H,35,40)/t12?,13?,14?,15?,16-,17-,18-,19?,20?,21?,22-,23-,24?,25+,26-,27-,28-,29+,30-,31+/m0/s1. The van der Waals surface area contributed by atoms with Crippen LogP contribution in [0.1, 0.15) is 26.2 Å². The number of aliphatic hydroxyl groups is 11. The van der Waals surface area contributed by atoms with E-state index in [4.69, 9.17) is 49.2 Å². The molecule has 20 atom stereocenters. The van der Waals surface area contributed by atoms with Crippen LogP contribution < -0.4 is 11.1 Å². The number of carbonyl (C=O) groups excluding carboxylic acids is 1. The third kappa shape index (κ3) is 11.0. The number of carbonyl (C=O) groups is 1. The van der Waals surface area contributed by atoms with Crippen LogP contribution in [0.3, 0.4) is 0 Å². The zero-order valence-electron chi connectivity index (χ0n) is 30.4. The van der Waals surface area contributed by atoms with Crippen LogP contribution in [0, 0.1) is 0 Å². The summed E-state index contributed by atoms with van der Waals surface area (Å²) >= 11 is 0. The van der Waals surface area contributed by atoms with Crippen LogP contribution in [-0.2, 0) is 42.7 Å². The van der Waals surface area contributed by atoms with Crippen LogP contribution in [-0.4, -0.2) is 224 Å². The van der Waals surface area contributed by atoms with E-state index in [0.717, 1.165) is 19.8 Å². The van der Waals surface area contributed by atoms with Crippen LogP contribution in [0.25, 0.3) is 10.4 Å². The number of ether oxygens (including phenoxy) is 8. The highest BCUT2D eigenvalue weighted by molar-refractivity contribution is 5.73. The van der Waals surface area contributed by atoms with E-state index in [1.54, 1.807) is 0 Å². The molecule has 0 aromatic rings. The first-order valence-corrected chi connectivity index (χ1v) is 18.2. The van der Waals surface area contributed by atoms with Crippen LogP contribution in [0.2, 0.25) is 0 Å². The van der Waals surface area contributed by atoms with E-state index in [-0.39, 0.29) is 6.61 Å². The zero-order valence-corrected chi connectivity index (χ0v) is 30.4. The molecule has 4 aliphatic rings. The van der Waals surface area contributed by atoms with Crippen molar-refractivity contribution in [1.29, 1.82) is 0 Å². The molecular weight excluding hydrogens is 762 g/mol. The number of rotatable bonds is 18. The minimum atomic E-state index is -2.03. The molecule has 4 saturated heterocycles. The maximum absolute atomic E-state index is 11.9. The van der Waals surface area contributed by atoms with Crippen molar-refractivity contribution in [2.45, 2.75) is 149 Å². The molecule has 0 aromatic carbocycles. The van der Waals surface area contributed by atoms with E-state index in [1.165, 1.54) is 0 Å². The lowest BCUT2D eigenvalue weighted by atomic mass is 9.95. The SMILES string of the molecule is CC(=O)N[C@H]1C(O)[C@@H](O)C(CO)O[C@H]1O[C@@H]1C(O)[C@@H](O[C@H]2C(CO)O[C@@H](O[C@@H]3C(CN=[N+]=[N-])O[C@@H](OCCCCCN)[C@@H](O)C3O)[C@@H](O)C2O)OC(CO)[C@@H]1O. The molecule has 25 heteroatoms. The molecule has 4 aliphatic heterocycles. The van der Waals surface area contributed by atoms with Gasteiger partial charge in [-0.1, -0.05) is 5.11 Å². The summed E-state index contributed by atoms with van der Waals surface area (Å²) < 4.78 is 45.4. The first-order chi connectivity index (χ1) is 26.7. The number of aliphatic hydroxyl groups excluding tert-OH is 11. The second kappa shape index (κ2) is 21.8. The maximum atomic E-state index is 11.9. The van der Waals surface area contributed by atoms with Gasteiger partial charge in [0.2, 0.25) is 5.91 Å². The average molecular weight is 818 g/mol. The van der Waals surface area contributed by atoms with Gasteiger partial charge in [-0.2, -0.15) is 0 Å². The topological polar surface area (TPSA) is 400 Å². The normalized spacial score (nSPS) is 44.5. The maximum Gasteiger partial charge on any atom is 0.217 e. The Kier molecular flexibility index (Phi) is 18.2. The lowest BCUT2D eigenvalue weighted by Gasteiger charge is -2.49. The molecule has 0 aliphatic carbocycles. The Labute approximate surface area is 319 Å². The van der Waals surface area contributed by atoms with Crippen LogP contribution in [0.15, 0.2) is 5.11 Å². The Balaban J connectivity index is 1.48. The first-order valence-electron chi connectivity index (χ1n) is 18.2. The largest absolute Gasteiger partial charge is 0.394 e. The summed E-state index contributed by atoms with van der Waals surface area (Å²) in [5.74, 6) is -0.693. The summed E-state index contributed by atoms with van der Waals surface area (Å²) in [6, 6.07) is -1.50. The van der Waals surface area contributed by atoms with Crippen molar-refractivity contribution >= 4 is 5.91 Å². The lowest BCUT2D eigenvalue weighted by Crippen LogP contribution is -2.69. The number of nitrogens with two attached hydrogens (primary N) is 1. The molecule has 4 heterocycles. The third-order valence-corrected chi connectivity index (χ3v) is 9.86. The van der Waals surface area contributed by atoms with Crippen molar-refractivity contribution in [3.63, 3.8) is 0 Å². The Morgan fingerprint density at radius 2 is 1.16 bits per heavy atom. The molecule has 0 saturated carbocycles. The first kappa shape index (κ1) is 46.7. The molecule has 324 valence electrons. The summed E-state index contributed by atoms with van der Waals surface area (Å²) in [6.45, 7) is -1.35. The van der Waals surface area contributed by atoms with Gasteiger partial charge < -0.3 is 105 Å². The van der Waals surface area contributed by atoms with E-state index in [0.29, 0.717) is 13.0 Å². The van der Waals surface area contributed by atoms with Crippen molar-refractivity contribution in [3.05, 3.63) is 10.4 Å². The fourth-order valence-corrected chi connectivity index (χ4v) is 6.81. The third-order valence-electron chi connectivity index (χ3n) is 9.86. The van der Waals surface area contributed by atoms with Crippen molar-refractivity contribution in [3.8, 4) is 0 Å². The fourth-order valence-electron chi connectivity index (χ4n) is 6.81. The Morgan fingerprint density at radius 3 is 1.75 bits per heavy atom. The molecule has 8 unspecified atom stereocenters. The fraction of sp³-hybridized carbons (Fsp3) is 0.968. The van der Waals surface area contributed by atoms with Crippen LogP contribution in [0.5, 0.6) is 0 Å². The van der Waals surface area contributed by atoms with Gasteiger partial charge in [-0.15, -0.1) is 0 Å². The summed E-state index contributed by atoms with van der Waals surface area (Å²) in [4.78, 5) is 14.6. The minimum Gasteiger partial charge on any atom is -0.394 e. The Bertz CT molecular complexity index is 1260. The number of unbranched alkanes of at least 4 members (excludes halogenated alkanes) is 2. The van der Waals surface area contributed by atoms with E-state index >= 15 is 0 Å². The zero-order chi connectivity index (χ0) is 41.3. The second-order valence-corrected chi connectivity index (χ2v) is 13.8. The van der Waals surface area contributed by atoms with Gasteiger partial charge in [-0.05, 0) is 31.3 Å². The predicted octanol–water partition coefficient (Wildman–Crippen LogP) is -7.13. The Morgan fingerprint density at radius 1 is 0.643 bits per heavy atom. The molecule has 0 bridgehead atoms. The van der Waals surface area contributed by atoms with Crippen LogP contribution in [0.4, 0.5) is 0 Å². The molecule has 4 fully saturated rings. The van der Waals surface area contributed by atoms with Crippen molar-refractivity contribution in [1.82, 2.24) is 5.32 Å². The summed E-state index contributed by atoms with van der Waals surface area (Å²) in [7, 11) is 0. The molecule has 4 rings (SSSR count). The smallest absolute Gasteiger partial charge is 0.217 e. The monoisotopic (exact) mass is 817 g/mol. The van der Waals surface area contributed by atoms with Crippen molar-refractivity contribution in [2.24, 2.45) is 10.8 Å². The number of hydrogen-bond acceptors (Lipinski definition) is 22. The average Bonchev–Trinajstić information content (AvgIpc) is 3.18. The molecule has 0 aromatic heterocycles. The highest BCUT2D eigenvalue weighted by atomic mass is 16.8. The minimum absolute atomic E-state index is 0.137. The highest BCUT2D eigenvalue weighted by Crippen LogP contribution is 2.34. The van der Waals surface area contributed by atoms with Crippen molar-refractivity contribution < 1.29 is 98.9 Å². The van der Waals surface area contributed by atoms with Gasteiger partial charge in [0.15, 0.2) is 25.2 Å². The summed E-state index contributed by atoms with van der Waals surface area (Å²) in [5, 5.41) is 123. The van der Waals surface area contributed by atoms with Gasteiger partial charge in [0.25, 0.3) is 0 Å². The molecule has 0 radical (unpaired) electrons. The number of amides is 1. The molecule has 0 spiro atoms. The number of nitrogens with one attached hydrogen (secondary N) is 1. The summed E-state index contributed by atoms with van der Waals surface area (Å²) in [6.07, 6.45) is -30.6. The van der Waals surface area contributed by atoms with Gasteiger partial charge in [0, 0.05) is 18.4 Å². The Hall–Kier alpha value is -2.02. The van der Waals surface area contributed by atoms with Gasteiger partial charge >= 0.3 is 0 Å². The molecule has 25 nitrogen and oxygen atoms in total. The van der Waals surface area contributed by atoms with Gasteiger partial charge in [-0.3, -0.25) is 4.79 Å². The number of hydrogen-bond donors (Lipinski definition) is 13. The van der Waals surface area contributed by atoms with Gasteiger partial charge in [0.1, 0.15) is 91.5 Å². The number of azide groups is 1. The van der Waals surface area contributed by atoms with E-state index < -0.39 is 155 Å². The second-order valence-electron chi connectivity index (χ2n) is 13.8. The predicted molar refractivity (Wildman–Crippen MR) is 179 cm³/mol. The van der Waals surface area contributed by atoms with Crippen molar-refractivity contribution in [2.75, 3.05) is 39.5 Å². The quantitative estimate of drug-likeness (QED) is 0.0264. The van der Waals surface area contributed by atoms with E-state index in [2.05, 4.69) is 15.3 Å². The molecular formula is C31H55N5O20.